The molecule has 3 unspecified atom stereocenters. The standard InChI is InChI=1S/C11H17NOS2/c1-11(2)6-5-8(10(11)12)15(13)9-4-3-7-14-9/h3-4,7-8,10H,5-6,12H2,1-2H3. The van der Waals surface area contributed by atoms with Crippen molar-refractivity contribution >= 4 is 22.1 Å². The SMILES string of the molecule is CC1(C)CCC(S(=O)c2cccs2)C1N. The molecule has 1 aliphatic rings. The highest BCUT2D eigenvalue weighted by Gasteiger charge is 2.42. The molecule has 0 radical (unpaired) electrons. The highest BCUT2D eigenvalue weighted by atomic mass is 32.2. The topological polar surface area (TPSA) is 43.1 Å². The molecule has 3 atom stereocenters. The van der Waals surface area contributed by atoms with Crippen molar-refractivity contribution in [2.75, 3.05) is 0 Å². The van der Waals surface area contributed by atoms with Gasteiger partial charge in [0.15, 0.2) is 0 Å². The van der Waals surface area contributed by atoms with Crippen molar-refractivity contribution in [1.29, 1.82) is 0 Å². The summed E-state index contributed by atoms with van der Waals surface area (Å²) < 4.78 is 13.2. The lowest BCUT2D eigenvalue weighted by atomic mass is 9.88. The Hall–Kier alpha value is -0.190. The lowest BCUT2D eigenvalue weighted by molar-refractivity contribution is 0.334. The Balaban J connectivity index is 2.17. The highest BCUT2D eigenvalue weighted by molar-refractivity contribution is 7.88. The fourth-order valence-corrected chi connectivity index (χ4v) is 4.97. The maximum Gasteiger partial charge on any atom is 0.0914 e. The zero-order valence-electron chi connectivity index (χ0n) is 9.10. The molecule has 15 heavy (non-hydrogen) atoms. The second-order valence-corrected chi connectivity index (χ2v) is 7.67. The van der Waals surface area contributed by atoms with Crippen LogP contribution in [0.2, 0.25) is 0 Å². The second-order valence-electron chi connectivity index (χ2n) is 4.82. The van der Waals surface area contributed by atoms with E-state index < -0.39 is 10.8 Å². The smallest absolute Gasteiger partial charge is 0.0914 e. The molecular formula is C11H17NOS2. The van der Waals surface area contributed by atoms with Gasteiger partial charge in [-0.25, -0.2) is 0 Å². The molecule has 84 valence electrons. The Bertz CT molecular complexity index is 359. The highest BCUT2D eigenvalue weighted by Crippen LogP contribution is 2.40. The van der Waals surface area contributed by atoms with Gasteiger partial charge in [-0.05, 0) is 29.7 Å². The summed E-state index contributed by atoms with van der Waals surface area (Å²) in [4.78, 5) is 0. The van der Waals surface area contributed by atoms with Crippen molar-refractivity contribution in [2.24, 2.45) is 11.1 Å². The van der Waals surface area contributed by atoms with Crippen LogP contribution in [0.3, 0.4) is 0 Å². The molecule has 1 aromatic heterocycles. The van der Waals surface area contributed by atoms with Gasteiger partial charge in [0.2, 0.25) is 0 Å². The summed E-state index contributed by atoms with van der Waals surface area (Å²) in [6.45, 7) is 4.34. The van der Waals surface area contributed by atoms with Crippen LogP contribution in [0.5, 0.6) is 0 Å². The summed E-state index contributed by atoms with van der Waals surface area (Å²) in [5.74, 6) is 0. The molecule has 1 fully saturated rings. The molecule has 0 aromatic carbocycles. The van der Waals surface area contributed by atoms with Gasteiger partial charge in [0.05, 0.1) is 20.3 Å². The van der Waals surface area contributed by atoms with Crippen LogP contribution in [-0.4, -0.2) is 15.5 Å². The summed E-state index contributed by atoms with van der Waals surface area (Å²) in [5.41, 5.74) is 6.31. The minimum atomic E-state index is -0.911. The zero-order valence-corrected chi connectivity index (χ0v) is 10.7. The number of hydrogen-bond acceptors (Lipinski definition) is 3. The number of nitrogens with two attached hydrogens (primary N) is 1. The van der Waals surface area contributed by atoms with Gasteiger partial charge < -0.3 is 5.73 Å². The average molecular weight is 243 g/mol. The molecule has 1 aromatic rings. The average Bonchev–Trinajstić information content (AvgIpc) is 2.76. The Morgan fingerprint density at radius 2 is 2.33 bits per heavy atom. The Kier molecular flexibility index (Phi) is 3.01. The molecule has 1 heterocycles. The third-order valence-electron chi connectivity index (χ3n) is 3.34. The van der Waals surface area contributed by atoms with Gasteiger partial charge >= 0.3 is 0 Å². The molecule has 0 spiro atoms. The fraction of sp³-hybridized carbons (Fsp3) is 0.636. The van der Waals surface area contributed by atoms with Crippen LogP contribution < -0.4 is 5.73 Å². The first-order valence-electron chi connectivity index (χ1n) is 5.22. The van der Waals surface area contributed by atoms with E-state index in [0.717, 1.165) is 17.1 Å². The molecular weight excluding hydrogens is 226 g/mol. The maximum atomic E-state index is 12.2. The molecule has 0 bridgehead atoms. The van der Waals surface area contributed by atoms with Gasteiger partial charge in [-0.1, -0.05) is 19.9 Å². The summed E-state index contributed by atoms with van der Waals surface area (Å²) in [7, 11) is -0.911. The van der Waals surface area contributed by atoms with Crippen LogP contribution in [0.4, 0.5) is 0 Å². The molecule has 1 aliphatic carbocycles. The van der Waals surface area contributed by atoms with Crippen LogP contribution in [0, 0.1) is 5.41 Å². The van der Waals surface area contributed by atoms with E-state index in [2.05, 4.69) is 13.8 Å². The Morgan fingerprint density at radius 1 is 1.60 bits per heavy atom. The van der Waals surface area contributed by atoms with E-state index in [-0.39, 0.29) is 16.7 Å². The third kappa shape index (κ3) is 2.03. The molecule has 2 rings (SSSR count). The Morgan fingerprint density at radius 3 is 2.80 bits per heavy atom. The number of hydrogen-bond donors (Lipinski definition) is 1. The monoisotopic (exact) mass is 243 g/mol. The van der Waals surface area contributed by atoms with E-state index in [1.807, 2.05) is 17.5 Å². The van der Waals surface area contributed by atoms with E-state index >= 15 is 0 Å². The molecule has 2 nitrogen and oxygen atoms in total. The second kappa shape index (κ2) is 4.00. The van der Waals surface area contributed by atoms with Crippen molar-refractivity contribution in [1.82, 2.24) is 0 Å². The van der Waals surface area contributed by atoms with Gasteiger partial charge in [-0.3, -0.25) is 4.21 Å². The van der Waals surface area contributed by atoms with Crippen LogP contribution >= 0.6 is 11.3 Å². The predicted molar refractivity (Wildman–Crippen MR) is 65.5 cm³/mol. The lowest BCUT2D eigenvalue weighted by Gasteiger charge is -2.26. The summed E-state index contributed by atoms with van der Waals surface area (Å²) in [6, 6.07) is 3.95. The van der Waals surface area contributed by atoms with Crippen LogP contribution in [-0.2, 0) is 10.8 Å². The maximum absolute atomic E-state index is 12.2. The molecule has 0 aliphatic heterocycles. The first-order chi connectivity index (χ1) is 7.02. The van der Waals surface area contributed by atoms with Crippen molar-refractivity contribution in [2.45, 2.75) is 42.2 Å². The largest absolute Gasteiger partial charge is 0.326 e. The van der Waals surface area contributed by atoms with Gasteiger partial charge in [0, 0.05) is 6.04 Å². The minimum absolute atomic E-state index is 0.0560. The summed E-state index contributed by atoms with van der Waals surface area (Å²) in [5, 5.41) is 2.11. The van der Waals surface area contributed by atoms with Gasteiger partial charge in [-0.15, -0.1) is 11.3 Å². The van der Waals surface area contributed by atoms with E-state index in [4.69, 9.17) is 5.73 Å². The molecule has 0 amide bonds. The minimum Gasteiger partial charge on any atom is -0.326 e. The number of thiophene rings is 1. The third-order valence-corrected chi connectivity index (χ3v) is 6.40. The van der Waals surface area contributed by atoms with Gasteiger partial charge in [-0.2, -0.15) is 0 Å². The van der Waals surface area contributed by atoms with Crippen molar-refractivity contribution in [3.05, 3.63) is 17.5 Å². The molecule has 4 heteroatoms. The normalized spacial score (nSPS) is 31.7. The van der Waals surface area contributed by atoms with E-state index in [1.54, 1.807) is 11.3 Å². The van der Waals surface area contributed by atoms with Crippen molar-refractivity contribution < 1.29 is 4.21 Å². The first-order valence-corrected chi connectivity index (χ1v) is 7.31. The molecule has 2 N–H and O–H groups in total. The number of rotatable bonds is 2. The van der Waals surface area contributed by atoms with Crippen molar-refractivity contribution in [3.63, 3.8) is 0 Å². The van der Waals surface area contributed by atoms with Gasteiger partial charge in [0.1, 0.15) is 0 Å². The van der Waals surface area contributed by atoms with E-state index in [9.17, 15) is 4.21 Å². The Labute approximate surface area is 97.3 Å². The first kappa shape index (κ1) is 11.3. The van der Waals surface area contributed by atoms with Gasteiger partial charge in [0.25, 0.3) is 0 Å². The molecule has 0 saturated heterocycles. The summed E-state index contributed by atoms with van der Waals surface area (Å²) in [6.07, 6.45) is 2.06. The summed E-state index contributed by atoms with van der Waals surface area (Å²) >= 11 is 1.56. The van der Waals surface area contributed by atoms with E-state index in [1.165, 1.54) is 0 Å². The van der Waals surface area contributed by atoms with Crippen LogP contribution in [0.25, 0.3) is 0 Å². The fourth-order valence-electron chi connectivity index (χ4n) is 2.13. The van der Waals surface area contributed by atoms with Crippen LogP contribution in [0.1, 0.15) is 26.7 Å². The zero-order chi connectivity index (χ0) is 11.1. The van der Waals surface area contributed by atoms with Crippen LogP contribution in [0.15, 0.2) is 21.7 Å². The van der Waals surface area contributed by atoms with E-state index in [0.29, 0.717) is 0 Å². The predicted octanol–water partition coefficient (Wildman–Crippen LogP) is 2.37. The quantitative estimate of drug-likeness (QED) is 0.866. The van der Waals surface area contributed by atoms with Crippen molar-refractivity contribution in [3.8, 4) is 0 Å². The molecule has 1 saturated carbocycles. The lowest BCUT2D eigenvalue weighted by Crippen LogP contribution is -2.41.